The molecule has 0 bridgehead atoms. The molecule has 24 heavy (non-hydrogen) atoms. The Kier molecular flexibility index (Phi) is 8.11. The van der Waals surface area contributed by atoms with Gasteiger partial charge in [-0.3, -0.25) is 0 Å². The van der Waals surface area contributed by atoms with Crippen molar-refractivity contribution in [2.45, 2.75) is 60.1 Å². The van der Waals surface area contributed by atoms with Crippen molar-refractivity contribution in [3.8, 4) is 5.88 Å². The van der Waals surface area contributed by atoms with Gasteiger partial charge in [0.1, 0.15) is 6.61 Å². The van der Waals surface area contributed by atoms with Crippen LogP contribution in [-0.4, -0.2) is 9.78 Å². The number of halogens is 2. The zero-order valence-corrected chi connectivity index (χ0v) is 16.6. The third-order valence-electron chi connectivity index (χ3n) is 3.65. The molecule has 5 heteroatoms. The van der Waals surface area contributed by atoms with Gasteiger partial charge in [0.2, 0.25) is 5.88 Å². The van der Waals surface area contributed by atoms with E-state index in [1.54, 1.807) is 0 Å². The van der Waals surface area contributed by atoms with Crippen LogP contribution >= 0.6 is 24.0 Å². The molecule has 0 aliphatic rings. The lowest BCUT2D eigenvalue weighted by Gasteiger charge is -2.18. The predicted octanol–water partition coefficient (Wildman–Crippen LogP) is 5.93. The summed E-state index contributed by atoms with van der Waals surface area (Å²) in [4.78, 5) is 0. The van der Waals surface area contributed by atoms with Crippen molar-refractivity contribution >= 4 is 24.0 Å². The monoisotopic (exact) mass is 370 g/mol. The molecule has 134 valence electrons. The molecule has 0 aliphatic carbocycles. The van der Waals surface area contributed by atoms with Crippen molar-refractivity contribution in [3.05, 3.63) is 46.6 Å². The number of aromatic nitrogens is 2. The summed E-state index contributed by atoms with van der Waals surface area (Å²) in [7, 11) is 0. The molecule has 1 aromatic heterocycles. The second-order valence-corrected chi connectivity index (χ2v) is 7.61. The molecule has 0 radical (unpaired) electrons. The molecule has 1 aromatic carbocycles. The molecule has 3 nitrogen and oxygen atoms in total. The maximum absolute atomic E-state index is 6.03. The minimum atomic E-state index is 0. The Morgan fingerprint density at radius 1 is 1.21 bits per heavy atom. The van der Waals surface area contributed by atoms with E-state index < -0.39 is 0 Å². The van der Waals surface area contributed by atoms with Crippen LogP contribution in [0.3, 0.4) is 0 Å². The van der Waals surface area contributed by atoms with E-state index in [9.17, 15) is 0 Å². The number of aryl methyl sites for hydroxylation is 2. The van der Waals surface area contributed by atoms with Gasteiger partial charge in [0.15, 0.2) is 0 Å². The molecule has 2 aromatic rings. The third-order valence-corrected chi connectivity index (χ3v) is 3.88. The smallest absolute Gasteiger partial charge is 0.212 e. The summed E-state index contributed by atoms with van der Waals surface area (Å²) < 4.78 is 8.01. The molecule has 0 saturated carbocycles. The van der Waals surface area contributed by atoms with E-state index in [4.69, 9.17) is 21.4 Å². The van der Waals surface area contributed by atoms with E-state index >= 15 is 0 Å². The van der Waals surface area contributed by atoms with Crippen LogP contribution in [0.5, 0.6) is 5.88 Å². The third kappa shape index (κ3) is 6.74. The number of hydrogen-bond acceptors (Lipinski definition) is 2. The summed E-state index contributed by atoms with van der Waals surface area (Å²) in [5, 5.41) is 5.43. The van der Waals surface area contributed by atoms with Gasteiger partial charge in [0.05, 0.1) is 5.69 Å². The normalized spacial score (nSPS) is 11.2. The van der Waals surface area contributed by atoms with Crippen LogP contribution in [0.1, 0.15) is 51.8 Å². The maximum atomic E-state index is 6.03. The first kappa shape index (κ1) is 20.9. The van der Waals surface area contributed by atoms with Crippen LogP contribution in [0.2, 0.25) is 5.02 Å². The molecule has 0 atom stereocenters. The van der Waals surface area contributed by atoms with E-state index in [0.717, 1.165) is 48.0 Å². The van der Waals surface area contributed by atoms with Crippen molar-refractivity contribution in [1.82, 2.24) is 9.78 Å². The molecular weight excluding hydrogens is 343 g/mol. The van der Waals surface area contributed by atoms with E-state index in [1.807, 2.05) is 28.9 Å². The standard InChI is InChI=1S/C19H27ClN2O.ClH/c1-5-7-17-13-18(22(21-17)11-10-19(2,3)4)23-14-15-8-6-9-16(20)12-15;/h6,8-9,12-13H,5,7,10-11,14H2,1-4H3;1H. The lowest BCUT2D eigenvalue weighted by molar-refractivity contribution is 0.258. The lowest BCUT2D eigenvalue weighted by Crippen LogP contribution is -2.13. The van der Waals surface area contributed by atoms with Crippen LogP contribution in [0.4, 0.5) is 0 Å². The number of ether oxygens (including phenoxy) is 1. The second kappa shape index (κ2) is 9.33. The summed E-state index contributed by atoms with van der Waals surface area (Å²) in [6.45, 7) is 10.3. The van der Waals surface area contributed by atoms with Gasteiger partial charge < -0.3 is 4.74 Å². The second-order valence-electron chi connectivity index (χ2n) is 7.18. The minimum Gasteiger partial charge on any atom is -0.473 e. The minimum absolute atomic E-state index is 0. The van der Waals surface area contributed by atoms with Gasteiger partial charge in [-0.2, -0.15) is 5.10 Å². The van der Waals surface area contributed by atoms with Gasteiger partial charge in [-0.1, -0.05) is 57.8 Å². The van der Waals surface area contributed by atoms with Crippen LogP contribution in [0.25, 0.3) is 0 Å². The first-order valence-electron chi connectivity index (χ1n) is 8.31. The van der Waals surface area contributed by atoms with Crippen molar-refractivity contribution in [2.24, 2.45) is 5.41 Å². The molecule has 2 rings (SSSR count). The van der Waals surface area contributed by atoms with E-state index in [0.29, 0.717) is 6.61 Å². The Labute approximate surface area is 156 Å². The van der Waals surface area contributed by atoms with Crippen molar-refractivity contribution in [2.75, 3.05) is 0 Å². The first-order valence-corrected chi connectivity index (χ1v) is 8.69. The van der Waals surface area contributed by atoms with Gasteiger partial charge in [-0.05, 0) is 36.0 Å². The number of hydrogen-bond donors (Lipinski definition) is 0. The van der Waals surface area contributed by atoms with Gasteiger partial charge in [0, 0.05) is 17.6 Å². The zero-order chi connectivity index (χ0) is 16.9. The Hall–Kier alpha value is -1.19. The summed E-state index contributed by atoms with van der Waals surface area (Å²) in [6.07, 6.45) is 3.13. The van der Waals surface area contributed by atoms with Gasteiger partial charge in [-0.25, -0.2) is 4.68 Å². The first-order chi connectivity index (χ1) is 10.9. The van der Waals surface area contributed by atoms with Crippen LogP contribution < -0.4 is 4.74 Å². The van der Waals surface area contributed by atoms with Crippen molar-refractivity contribution < 1.29 is 4.74 Å². The summed E-state index contributed by atoms with van der Waals surface area (Å²) >= 11 is 6.03. The molecule has 0 spiro atoms. The van der Waals surface area contributed by atoms with E-state index in [2.05, 4.69) is 33.8 Å². The molecule has 0 unspecified atom stereocenters. The highest BCUT2D eigenvalue weighted by Gasteiger charge is 2.14. The average Bonchev–Trinajstić information content (AvgIpc) is 2.85. The van der Waals surface area contributed by atoms with Gasteiger partial charge in [-0.15, -0.1) is 12.4 Å². The van der Waals surface area contributed by atoms with Crippen molar-refractivity contribution in [3.63, 3.8) is 0 Å². The fourth-order valence-electron chi connectivity index (χ4n) is 2.33. The maximum Gasteiger partial charge on any atom is 0.212 e. The fraction of sp³-hybridized carbons (Fsp3) is 0.526. The Bertz CT molecular complexity index is 633. The summed E-state index contributed by atoms with van der Waals surface area (Å²) in [6, 6.07) is 9.84. The fourth-order valence-corrected chi connectivity index (χ4v) is 2.54. The highest BCUT2D eigenvalue weighted by molar-refractivity contribution is 6.30. The predicted molar refractivity (Wildman–Crippen MR) is 103 cm³/mol. The van der Waals surface area contributed by atoms with Crippen molar-refractivity contribution in [1.29, 1.82) is 0 Å². The van der Waals surface area contributed by atoms with Crippen LogP contribution in [0.15, 0.2) is 30.3 Å². The topological polar surface area (TPSA) is 27.1 Å². The van der Waals surface area contributed by atoms with Gasteiger partial charge >= 0.3 is 0 Å². The van der Waals surface area contributed by atoms with E-state index in [1.165, 1.54) is 0 Å². The Morgan fingerprint density at radius 3 is 2.58 bits per heavy atom. The van der Waals surface area contributed by atoms with E-state index in [-0.39, 0.29) is 17.8 Å². The molecule has 0 fully saturated rings. The lowest BCUT2D eigenvalue weighted by atomic mass is 9.92. The Morgan fingerprint density at radius 2 is 1.96 bits per heavy atom. The SMILES string of the molecule is CCCc1cc(OCc2cccc(Cl)c2)n(CCC(C)(C)C)n1.Cl. The molecule has 0 saturated heterocycles. The molecule has 0 N–H and O–H groups in total. The zero-order valence-electron chi connectivity index (χ0n) is 15.0. The number of benzene rings is 1. The largest absolute Gasteiger partial charge is 0.473 e. The van der Waals surface area contributed by atoms with Crippen LogP contribution in [0, 0.1) is 5.41 Å². The Balaban J connectivity index is 0.00000288. The number of rotatable bonds is 7. The molecular formula is C19H28Cl2N2O. The quantitative estimate of drug-likeness (QED) is 0.603. The molecule has 1 heterocycles. The summed E-state index contributed by atoms with van der Waals surface area (Å²) in [5.74, 6) is 0.845. The van der Waals surface area contributed by atoms with Gasteiger partial charge in [0.25, 0.3) is 0 Å². The average molecular weight is 371 g/mol. The van der Waals surface area contributed by atoms with Crippen LogP contribution in [-0.2, 0) is 19.6 Å². The highest BCUT2D eigenvalue weighted by atomic mass is 35.5. The highest BCUT2D eigenvalue weighted by Crippen LogP contribution is 2.23. The molecule has 0 amide bonds. The summed E-state index contributed by atoms with van der Waals surface area (Å²) in [5.41, 5.74) is 2.45. The molecule has 0 aliphatic heterocycles. The number of nitrogens with zero attached hydrogens (tertiary/aromatic N) is 2.